The van der Waals surface area contributed by atoms with Gasteiger partial charge >= 0.3 is 29.0 Å². The summed E-state index contributed by atoms with van der Waals surface area (Å²) < 4.78 is 12.6. The zero-order chi connectivity index (χ0) is 20.8. The van der Waals surface area contributed by atoms with Crippen molar-refractivity contribution < 1.29 is 19.1 Å². The molecule has 0 saturated carbocycles. The van der Waals surface area contributed by atoms with E-state index < -0.39 is 29.0 Å². The SMILES string of the molecule is O=C1CSSCC(=O)OCCn2c(=O)n(c(=O)n(-c3ccccc3)c2=O)CCO1. The van der Waals surface area contributed by atoms with E-state index in [1.807, 2.05) is 0 Å². The molecular weight excluding hydrogens is 422 g/mol. The summed E-state index contributed by atoms with van der Waals surface area (Å²) >= 11 is 0. The first kappa shape index (κ1) is 21.0. The van der Waals surface area contributed by atoms with Crippen LogP contribution in [0, 0.1) is 0 Å². The number of hydrogen-bond acceptors (Lipinski definition) is 9. The van der Waals surface area contributed by atoms with Gasteiger partial charge in [0, 0.05) is 0 Å². The second-order valence-corrected chi connectivity index (χ2v) is 8.25. The predicted octanol–water partition coefficient (Wildman–Crippen LogP) is -0.358. The maximum Gasteiger partial charge on any atom is 0.341 e. The molecule has 1 aromatic carbocycles. The number of fused-ring (bicyclic) bond motifs is 2. The van der Waals surface area contributed by atoms with Crippen molar-refractivity contribution in [2.24, 2.45) is 0 Å². The second-order valence-electron chi connectivity index (χ2n) is 5.79. The summed E-state index contributed by atoms with van der Waals surface area (Å²) in [6, 6.07) is 8.13. The Morgan fingerprint density at radius 3 is 1.66 bits per heavy atom. The van der Waals surface area contributed by atoms with Crippen molar-refractivity contribution in [2.75, 3.05) is 24.7 Å². The van der Waals surface area contributed by atoms with Crippen molar-refractivity contribution in [3.63, 3.8) is 0 Å². The molecule has 0 saturated heterocycles. The van der Waals surface area contributed by atoms with E-state index in [0.717, 1.165) is 35.3 Å². The fraction of sp³-hybridized carbons (Fsp3) is 0.353. The summed E-state index contributed by atoms with van der Waals surface area (Å²) in [6.45, 7) is -0.842. The number of aromatic nitrogens is 3. The maximum absolute atomic E-state index is 12.8. The molecule has 10 nitrogen and oxygen atoms in total. The smallest absolute Gasteiger partial charge is 0.341 e. The van der Waals surface area contributed by atoms with E-state index in [-0.39, 0.29) is 43.5 Å². The normalized spacial score (nSPS) is 16.3. The number of para-hydroxylation sites is 1. The zero-order valence-electron chi connectivity index (χ0n) is 15.1. The molecule has 154 valence electrons. The molecule has 2 heterocycles. The third-order valence-corrected chi connectivity index (χ3v) is 5.99. The van der Waals surface area contributed by atoms with Crippen molar-refractivity contribution >= 4 is 33.5 Å². The molecule has 1 aliphatic rings. The quantitative estimate of drug-likeness (QED) is 0.434. The molecule has 0 fully saturated rings. The molecule has 0 atom stereocenters. The standard InChI is InChI=1S/C17H17N3O7S2/c21-13-10-28-29-11-14(22)27-9-7-19-15(23)18(6-8-26-13)16(24)20(17(19)25)12-4-2-1-3-5-12/h1-5H,6-11H2. The van der Waals surface area contributed by atoms with Crippen LogP contribution in [-0.4, -0.2) is 50.4 Å². The molecule has 3 rings (SSSR count). The number of esters is 2. The lowest BCUT2D eigenvalue weighted by molar-refractivity contribution is -0.141. The molecule has 2 aromatic rings. The fourth-order valence-corrected chi connectivity index (χ4v) is 4.18. The summed E-state index contributed by atoms with van der Waals surface area (Å²) in [6.07, 6.45) is 0. The van der Waals surface area contributed by atoms with Crippen LogP contribution in [0.25, 0.3) is 5.69 Å². The average Bonchev–Trinajstić information content (AvgIpc) is 2.71. The predicted molar refractivity (Wildman–Crippen MR) is 107 cm³/mol. The van der Waals surface area contributed by atoms with Gasteiger partial charge in [-0.2, -0.15) is 0 Å². The van der Waals surface area contributed by atoms with E-state index >= 15 is 0 Å². The van der Waals surface area contributed by atoms with E-state index in [4.69, 9.17) is 9.47 Å². The number of ether oxygens (including phenoxy) is 2. The Kier molecular flexibility index (Phi) is 6.99. The highest BCUT2D eigenvalue weighted by Crippen LogP contribution is 2.21. The molecule has 0 aliphatic carbocycles. The summed E-state index contributed by atoms with van der Waals surface area (Å²) in [5, 5.41) is 0. The van der Waals surface area contributed by atoms with Gasteiger partial charge in [0.1, 0.15) is 24.7 Å². The van der Waals surface area contributed by atoms with Crippen molar-refractivity contribution in [1.82, 2.24) is 13.7 Å². The number of hydrogen-bond donors (Lipinski definition) is 0. The molecule has 1 aromatic heterocycles. The molecule has 12 heteroatoms. The van der Waals surface area contributed by atoms with Gasteiger partial charge in [-0.05, 0) is 12.1 Å². The fourth-order valence-electron chi connectivity index (χ4n) is 2.58. The first-order valence-corrected chi connectivity index (χ1v) is 11.1. The first-order chi connectivity index (χ1) is 14.0. The lowest BCUT2D eigenvalue weighted by Crippen LogP contribution is -2.54. The van der Waals surface area contributed by atoms with Crippen LogP contribution in [0.15, 0.2) is 44.7 Å². The van der Waals surface area contributed by atoms with Gasteiger partial charge in [-0.25, -0.2) is 28.1 Å². The van der Waals surface area contributed by atoms with Gasteiger partial charge in [0.05, 0.1) is 18.8 Å². The van der Waals surface area contributed by atoms with Crippen LogP contribution >= 0.6 is 21.6 Å². The monoisotopic (exact) mass is 439 g/mol. The Morgan fingerprint density at radius 1 is 0.690 bits per heavy atom. The summed E-state index contributed by atoms with van der Waals surface area (Å²) in [5.74, 6) is -1.09. The molecule has 0 radical (unpaired) electrons. The number of carbonyl (C=O) groups excluding carboxylic acids is 2. The summed E-state index contributed by atoms with van der Waals surface area (Å²) in [4.78, 5) is 61.9. The number of cyclic esters (lactones) is 2. The van der Waals surface area contributed by atoms with Crippen LogP contribution in [0.2, 0.25) is 0 Å². The van der Waals surface area contributed by atoms with Gasteiger partial charge in [-0.3, -0.25) is 9.59 Å². The summed E-state index contributed by atoms with van der Waals surface area (Å²) in [5.41, 5.74) is -2.27. The highest BCUT2D eigenvalue weighted by atomic mass is 33.1. The lowest BCUT2D eigenvalue weighted by atomic mass is 10.3. The van der Waals surface area contributed by atoms with Crippen LogP contribution in [0.5, 0.6) is 0 Å². The lowest BCUT2D eigenvalue weighted by Gasteiger charge is -2.14. The third-order valence-electron chi connectivity index (χ3n) is 3.91. The second kappa shape index (κ2) is 9.65. The molecule has 29 heavy (non-hydrogen) atoms. The van der Waals surface area contributed by atoms with E-state index in [2.05, 4.69) is 0 Å². The number of benzene rings is 1. The van der Waals surface area contributed by atoms with Gasteiger partial charge < -0.3 is 9.47 Å². The minimum atomic E-state index is -0.863. The van der Waals surface area contributed by atoms with E-state index in [9.17, 15) is 24.0 Å². The Labute approximate surface area is 171 Å². The summed E-state index contributed by atoms with van der Waals surface area (Å²) in [7, 11) is 2.27. The highest BCUT2D eigenvalue weighted by Gasteiger charge is 2.18. The number of carbonyl (C=O) groups is 2. The highest BCUT2D eigenvalue weighted by molar-refractivity contribution is 8.77. The topological polar surface area (TPSA) is 119 Å². The Balaban J connectivity index is 2.07. The molecule has 1 aliphatic heterocycles. The van der Waals surface area contributed by atoms with E-state index in [0.29, 0.717) is 0 Å². The van der Waals surface area contributed by atoms with Gasteiger partial charge in [-0.1, -0.05) is 39.8 Å². The number of rotatable bonds is 1. The Hall–Kier alpha value is -2.73. The number of nitrogens with zero attached hydrogens (tertiary/aromatic N) is 3. The van der Waals surface area contributed by atoms with Gasteiger partial charge in [0.25, 0.3) is 0 Å². The minimum Gasteiger partial charge on any atom is -0.463 e. The molecule has 0 amide bonds. The van der Waals surface area contributed by atoms with Gasteiger partial charge in [0.15, 0.2) is 0 Å². The van der Waals surface area contributed by atoms with E-state index in [1.54, 1.807) is 30.3 Å². The minimum absolute atomic E-state index is 0.000586. The molecule has 0 N–H and O–H groups in total. The largest absolute Gasteiger partial charge is 0.463 e. The van der Waals surface area contributed by atoms with Crippen molar-refractivity contribution in [3.05, 3.63) is 61.8 Å². The van der Waals surface area contributed by atoms with Crippen molar-refractivity contribution in [2.45, 2.75) is 13.1 Å². The first-order valence-electron chi connectivity index (χ1n) is 8.57. The zero-order valence-corrected chi connectivity index (χ0v) is 16.8. The van der Waals surface area contributed by atoms with Gasteiger partial charge in [-0.15, -0.1) is 0 Å². The third kappa shape index (κ3) is 5.01. The van der Waals surface area contributed by atoms with Crippen LogP contribution in [0.1, 0.15) is 0 Å². The molecular formula is C17H17N3O7S2. The van der Waals surface area contributed by atoms with E-state index in [1.165, 1.54) is 0 Å². The van der Waals surface area contributed by atoms with Crippen LogP contribution in [0.3, 0.4) is 0 Å². The average molecular weight is 439 g/mol. The van der Waals surface area contributed by atoms with Crippen LogP contribution in [0.4, 0.5) is 0 Å². The maximum atomic E-state index is 12.8. The van der Waals surface area contributed by atoms with Crippen molar-refractivity contribution in [3.8, 4) is 5.69 Å². The Morgan fingerprint density at radius 2 is 1.17 bits per heavy atom. The molecule has 0 spiro atoms. The van der Waals surface area contributed by atoms with Crippen molar-refractivity contribution in [1.29, 1.82) is 0 Å². The Bertz CT molecular complexity index is 1010. The van der Waals surface area contributed by atoms with Crippen LogP contribution in [-0.2, 0) is 32.2 Å². The van der Waals surface area contributed by atoms with Crippen LogP contribution < -0.4 is 17.1 Å². The van der Waals surface area contributed by atoms with Gasteiger partial charge in [0.2, 0.25) is 0 Å². The molecule has 0 unspecified atom stereocenters. The molecule has 2 bridgehead atoms.